The first-order valence-electron chi connectivity index (χ1n) is 10.8. The Labute approximate surface area is 192 Å². The second-order valence-electron chi connectivity index (χ2n) is 9.11. The maximum Gasteiger partial charge on any atom is 0.243 e. The van der Waals surface area contributed by atoms with Crippen molar-refractivity contribution in [2.24, 2.45) is 5.92 Å². The van der Waals surface area contributed by atoms with Crippen LogP contribution in [0.25, 0.3) is 22.3 Å². The van der Waals surface area contributed by atoms with Crippen molar-refractivity contribution in [3.63, 3.8) is 0 Å². The minimum absolute atomic E-state index is 0.151. The number of rotatable bonds is 5. The van der Waals surface area contributed by atoms with Crippen molar-refractivity contribution in [1.29, 1.82) is 5.26 Å². The lowest BCUT2D eigenvalue weighted by atomic mass is 9.97. The molecule has 33 heavy (non-hydrogen) atoms. The summed E-state index contributed by atoms with van der Waals surface area (Å²) in [6, 6.07) is 14.3. The highest BCUT2D eigenvalue weighted by Gasteiger charge is 2.45. The first-order valence-corrected chi connectivity index (χ1v) is 12.2. The van der Waals surface area contributed by atoms with Gasteiger partial charge in [0.15, 0.2) is 0 Å². The van der Waals surface area contributed by atoms with E-state index in [4.69, 9.17) is 10.2 Å². The molecular weight excluding hydrogens is 436 g/mol. The third-order valence-electron chi connectivity index (χ3n) is 6.31. The molecule has 4 heterocycles. The van der Waals surface area contributed by atoms with Crippen LogP contribution in [0.15, 0.2) is 66.0 Å². The van der Waals surface area contributed by atoms with Crippen LogP contribution in [-0.2, 0) is 16.6 Å². The van der Waals surface area contributed by atoms with Gasteiger partial charge in [0.2, 0.25) is 10.0 Å². The highest BCUT2D eigenvalue weighted by molar-refractivity contribution is 7.89. The summed E-state index contributed by atoms with van der Waals surface area (Å²) in [4.78, 5) is 4.90. The van der Waals surface area contributed by atoms with Gasteiger partial charge < -0.3 is 4.57 Å². The Morgan fingerprint density at radius 3 is 2.85 bits per heavy atom. The number of fused-ring (bicyclic) bond motifs is 1. The molecular formula is C24H24N6O2S. The quantitative estimate of drug-likeness (QED) is 0.488. The molecule has 1 fully saturated rings. The van der Waals surface area contributed by atoms with Crippen molar-refractivity contribution in [2.75, 3.05) is 6.54 Å². The summed E-state index contributed by atoms with van der Waals surface area (Å²) >= 11 is 0. The van der Waals surface area contributed by atoms with Crippen LogP contribution in [0.1, 0.15) is 25.8 Å². The average molecular weight is 461 g/mol. The van der Waals surface area contributed by atoms with Crippen molar-refractivity contribution < 1.29 is 8.42 Å². The molecule has 0 radical (unpaired) electrons. The maximum atomic E-state index is 13.4. The van der Waals surface area contributed by atoms with Crippen LogP contribution in [-0.4, -0.2) is 44.6 Å². The molecule has 168 valence electrons. The first-order chi connectivity index (χ1) is 15.8. The number of nitrogens with zero attached hydrogens (tertiary/aromatic N) is 5. The Hall–Kier alpha value is -3.48. The lowest BCUT2D eigenvalue weighted by molar-refractivity contribution is 0.291. The number of aromatic nitrogens is 4. The number of hydrogen-bond donors (Lipinski definition) is 1. The van der Waals surface area contributed by atoms with Crippen molar-refractivity contribution in [3.05, 3.63) is 66.6 Å². The molecule has 1 atom stereocenters. The minimum Gasteiger partial charge on any atom is -0.346 e. The third-order valence-corrected chi connectivity index (χ3v) is 8.38. The lowest BCUT2D eigenvalue weighted by Gasteiger charge is -2.30. The van der Waals surface area contributed by atoms with Gasteiger partial charge in [-0.25, -0.2) is 13.4 Å². The first kappa shape index (κ1) is 21.4. The largest absolute Gasteiger partial charge is 0.346 e. The van der Waals surface area contributed by atoms with Crippen LogP contribution in [0.2, 0.25) is 0 Å². The van der Waals surface area contributed by atoms with E-state index in [1.807, 2.05) is 50.5 Å². The van der Waals surface area contributed by atoms with Gasteiger partial charge in [-0.3, -0.25) is 5.10 Å². The number of nitriles is 1. The fourth-order valence-corrected chi connectivity index (χ4v) is 6.73. The molecule has 1 unspecified atom stereocenters. The minimum atomic E-state index is -3.71. The van der Waals surface area contributed by atoms with Crippen LogP contribution in [0.4, 0.5) is 0 Å². The Morgan fingerprint density at radius 1 is 1.24 bits per heavy atom. The number of benzene rings is 1. The Kier molecular flexibility index (Phi) is 5.07. The summed E-state index contributed by atoms with van der Waals surface area (Å²) < 4.78 is 30.6. The van der Waals surface area contributed by atoms with E-state index < -0.39 is 15.6 Å². The van der Waals surface area contributed by atoms with Crippen LogP contribution in [0.3, 0.4) is 0 Å². The fraction of sp³-hybridized carbons (Fsp3) is 0.292. The number of H-pyrrole nitrogens is 1. The van der Waals surface area contributed by atoms with Crippen LogP contribution in [0.5, 0.6) is 0 Å². The molecule has 1 N–H and O–H groups in total. The van der Waals surface area contributed by atoms with Crippen molar-refractivity contribution in [1.82, 2.24) is 24.1 Å². The summed E-state index contributed by atoms with van der Waals surface area (Å²) in [6.45, 7) is 5.05. The van der Waals surface area contributed by atoms with E-state index in [1.54, 1.807) is 28.7 Å². The summed E-state index contributed by atoms with van der Waals surface area (Å²) in [5, 5.41) is 16.0. The van der Waals surface area contributed by atoms with Crippen LogP contribution < -0.4 is 0 Å². The SMILES string of the molecule is CC1(C)CC(Cn2ccc3nc(-c4cn[nH]c4)ccc32)CN1S(=O)(=O)c1cccc(C#N)c1. The second-order valence-corrected chi connectivity index (χ2v) is 11.0. The van der Waals surface area contributed by atoms with Crippen molar-refractivity contribution in [2.45, 2.75) is 37.2 Å². The molecule has 1 aromatic carbocycles. The van der Waals surface area contributed by atoms with Crippen LogP contribution in [0, 0.1) is 17.2 Å². The van der Waals surface area contributed by atoms with E-state index in [9.17, 15) is 8.42 Å². The maximum absolute atomic E-state index is 13.4. The molecule has 1 saturated heterocycles. The molecule has 1 aliphatic rings. The zero-order chi connectivity index (χ0) is 23.2. The average Bonchev–Trinajstić information content (AvgIpc) is 3.53. The van der Waals surface area contributed by atoms with E-state index in [0.29, 0.717) is 18.7 Å². The van der Waals surface area contributed by atoms with E-state index in [-0.39, 0.29) is 10.8 Å². The monoisotopic (exact) mass is 460 g/mol. The van der Waals surface area contributed by atoms with Crippen molar-refractivity contribution in [3.8, 4) is 17.3 Å². The Morgan fingerprint density at radius 2 is 2.09 bits per heavy atom. The molecule has 5 rings (SSSR count). The lowest BCUT2D eigenvalue weighted by Crippen LogP contribution is -2.42. The molecule has 0 saturated carbocycles. The number of nitrogens with one attached hydrogen (secondary N) is 1. The van der Waals surface area contributed by atoms with Gasteiger partial charge in [0.25, 0.3) is 0 Å². The normalized spacial score (nSPS) is 18.5. The molecule has 9 heteroatoms. The summed E-state index contributed by atoms with van der Waals surface area (Å²) in [5.74, 6) is 0.151. The topological polar surface area (TPSA) is 108 Å². The van der Waals surface area contributed by atoms with Gasteiger partial charge in [-0.1, -0.05) is 6.07 Å². The molecule has 0 aliphatic carbocycles. The van der Waals surface area contributed by atoms with Crippen molar-refractivity contribution >= 4 is 21.1 Å². The van der Waals surface area contributed by atoms with E-state index >= 15 is 0 Å². The van der Waals surface area contributed by atoms with Gasteiger partial charge in [-0.15, -0.1) is 0 Å². The highest BCUT2D eigenvalue weighted by Crippen LogP contribution is 2.38. The molecule has 4 aromatic rings. The van der Waals surface area contributed by atoms with Gasteiger partial charge in [0.05, 0.1) is 39.5 Å². The van der Waals surface area contributed by atoms with E-state index in [0.717, 1.165) is 28.7 Å². The standard InChI is InChI=1S/C24H24N6O2S/c1-24(2)11-18(16-30(24)33(31,32)20-5-3-4-17(10-20)12-25)15-29-9-8-22-23(29)7-6-21(28-22)19-13-26-27-14-19/h3-10,13-14,18H,11,15-16H2,1-2H3,(H,26,27). The van der Waals surface area contributed by atoms with E-state index in [1.165, 1.54) is 6.07 Å². The third kappa shape index (κ3) is 3.81. The molecule has 8 nitrogen and oxygen atoms in total. The predicted molar refractivity (Wildman–Crippen MR) is 125 cm³/mol. The molecule has 0 amide bonds. The zero-order valence-electron chi connectivity index (χ0n) is 18.4. The fourth-order valence-electron chi connectivity index (χ4n) is 4.82. The Bertz CT molecular complexity index is 1460. The molecule has 3 aromatic heterocycles. The van der Waals surface area contributed by atoms with Gasteiger partial charge in [-0.05, 0) is 62.6 Å². The highest BCUT2D eigenvalue weighted by atomic mass is 32.2. The van der Waals surface area contributed by atoms with E-state index in [2.05, 4.69) is 14.8 Å². The molecule has 0 spiro atoms. The molecule has 1 aliphatic heterocycles. The summed E-state index contributed by atoms with van der Waals surface area (Å²) in [6.07, 6.45) is 6.31. The van der Waals surface area contributed by atoms with Gasteiger partial charge in [0, 0.05) is 36.6 Å². The summed E-state index contributed by atoms with van der Waals surface area (Å²) in [5.41, 5.74) is 3.51. The second kappa shape index (κ2) is 7.83. The molecule has 0 bridgehead atoms. The van der Waals surface area contributed by atoms with Gasteiger partial charge >= 0.3 is 0 Å². The zero-order valence-corrected chi connectivity index (χ0v) is 19.2. The van der Waals surface area contributed by atoms with Crippen LogP contribution >= 0.6 is 0 Å². The summed E-state index contributed by atoms with van der Waals surface area (Å²) in [7, 11) is -3.71. The number of sulfonamides is 1. The van der Waals surface area contributed by atoms with Gasteiger partial charge in [0.1, 0.15) is 0 Å². The smallest absolute Gasteiger partial charge is 0.243 e. The number of pyridine rings is 1. The Balaban J connectivity index is 1.39. The predicted octanol–water partition coefficient (Wildman–Crippen LogP) is 3.79. The van der Waals surface area contributed by atoms with Gasteiger partial charge in [-0.2, -0.15) is 14.7 Å². The number of hydrogen-bond acceptors (Lipinski definition) is 5. The number of aromatic amines is 1.